The monoisotopic (exact) mass is 315 g/mol. The summed E-state index contributed by atoms with van der Waals surface area (Å²) in [5, 5.41) is 2.92. The average Bonchev–Trinajstić information content (AvgIpc) is 2.61. The zero-order chi connectivity index (χ0) is 16.3. The molecule has 3 rings (SSSR count). The summed E-state index contributed by atoms with van der Waals surface area (Å²) < 4.78 is 10.6. The molecule has 5 heteroatoms. The van der Waals surface area contributed by atoms with Crippen LogP contribution in [0.5, 0.6) is 5.75 Å². The Morgan fingerprint density at radius 2 is 1.91 bits per heavy atom. The average molecular weight is 315 g/mol. The number of ether oxygens (including phenoxy) is 2. The second-order valence-corrected chi connectivity index (χ2v) is 6.08. The number of amides is 1. The van der Waals surface area contributed by atoms with E-state index in [1.807, 2.05) is 30.3 Å². The van der Waals surface area contributed by atoms with E-state index in [1.165, 1.54) is 7.11 Å². The molecule has 1 amide bonds. The number of nitrogens with one attached hydrogen (secondary N) is 1. The van der Waals surface area contributed by atoms with E-state index in [-0.39, 0.29) is 18.5 Å². The van der Waals surface area contributed by atoms with Gasteiger partial charge in [0, 0.05) is 5.56 Å². The van der Waals surface area contributed by atoms with Crippen molar-refractivity contribution in [3.8, 4) is 5.75 Å². The molecule has 0 bridgehead atoms. The minimum Gasteiger partial charge on any atom is -0.488 e. The van der Waals surface area contributed by atoms with Crippen molar-refractivity contribution in [2.24, 2.45) is 0 Å². The van der Waals surface area contributed by atoms with E-state index in [0.29, 0.717) is 18.4 Å². The van der Waals surface area contributed by atoms with Crippen LogP contribution >= 0.6 is 0 Å². The molecule has 1 aromatic carbocycles. The molecule has 5 nitrogen and oxygen atoms in total. The van der Waals surface area contributed by atoms with Gasteiger partial charge in [-0.05, 0) is 25.0 Å². The van der Waals surface area contributed by atoms with Crippen molar-refractivity contribution in [1.29, 1.82) is 0 Å². The first-order chi connectivity index (χ1) is 11.1. The molecule has 1 N–H and O–H groups in total. The summed E-state index contributed by atoms with van der Waals surface area (Å²) in [6.07, 6.45) is 5.96. The van der Waals surface area contributed by atoms with Crippen molar-refractivity contribution in [3.63, 3.8) is 0 Å². The van der Waals surface area contributed by atoms with Crippen LogP contribution in [0.25, 0.3) is 6.08 Å². The fourth-order valence-electron chi connectivity index (χ4n) is 3.28. The SMILES string of the molecule is COC(=O)C1(NC(=O)C2=Cc3ccccc3OC2)CCCCC1. The van der Waals surface area contributed by atoms with Gasteiger partial charge < -0.3 is 14.8 Å². The Morgan fingerprint density at radius 1 is 1.17 bits per heavy atom. The number of hydrogen-bond donors (Lipinski definition) is 1. The van der Waals surface area contributed by atoms with E-state index in [0.717, 1.165) is 30.6 Å². The number of carbonyl (C=O) groups is 2. The molecule has 0 saturated heterocycles. The first-order valence-electron chi connectivity index (χ1n) is 7.98. The van der Waals surface area contributed by atoms with E-state index in [2.05, 4.69) is 5.32 Å². The highest BCUT2D eigenvalue weighted by atomic mass is 16.5. The molecule has 1 aliphatic heterocycles. The van der Waals surface area contributed by atoms with Gasteiger partial charge in [-0.25, -0.2) is 4.79 Å². The molecule has 2 aliphatic rings. The van der Waals surface area contributed by atoms with Gasteiger partial charge in [-0.2, -0.15) is 0 Å². The lowest BCUT2D eigenvalue weighted by Gasteiger charge is -2.35. The lowest BCUT2D eigenvalue weighted by atomic mass is 9.81. The zero-order valence-corrected chi connectivity index (χ0v) is 13.3. The van der Waals surface area contributed by atoms with Crippen molar-refractivity contribution < 1.29 is 19.1 Å². The van der Waals surface area contributed by atoms with Crippen molar-refractivity contribution in [2.75, 3.05) is 13.7 Å². The number of fused-ring (bicyclic) bond motifs is 1. The molecule has 122 valence electrons. The maximum absolute atomic E-state index is 12.6. The normalized spacial score (nSPS) is 18.9. The molecule has 0 atom stereocenters. The van der Waals surface area contributed by atoms with Crippen LogP contribution in [0.3, 0.4) is 0 Å². The molecule has 0 spiro atoms. The first kappa shape index (κ1) is 15.6. The summed E-state index contributed by atoms with van der Waals surface area (Å²) in [7, 11) is 1.37. The highest BCUT2D eigenvalue weighted by Gasteiger charge is 2.42. The summed E-state index contributed by atoms with van der Waals surface area (Å²) in [5.74, 6) is 0.152. The van der Waals surface area contributed by atoms with Crippen molar-refractivity contribution in [1.82, 2.24) is 5.32 Å². The Labute approximate surface area is 135 Å². The number of carbonyl (C=O) groups excluding carboxylic acids is 2. The van der Waals surface area contributed by atoms with E-state index in [4.69, 9.17) is 9.47 Å². The molecular weight excluding hydrogens is 294 g/mol. The van der Waals surface area contributed by atoms with Gasteiger partial charge in [0.15, 0.2) is 0 Å². The molecule has 1 saturated carbocycles. The van der Waals surface area contributed by atoms with Gasteiger partial charge in [0.1, 0.15) is 17.9 Å². The third-order valence-corrected chi connectivity index (χ3v) is 4.56. The Balaban J connectivity index is 1.80. The third-order valence-electron chi connectivity index (χ3n) is 4.56. The summed E-state index contributed by atoms with van der Waals surface area (Å²) in [5.41, 5.74) is 0.499. The van der Waals surface area contributed by atoms with Crippen LogP contribution in [0, 0.1) is 0 Å². The molecule has 0 unspecified atom stereocenters. The molecule has 0 aromatic heterocycles. The maximum atomic E-state index is 12.6. The van der Waals surface area contributed by atoms with Crippen LogP contribution in [0.15, 0.2) is 29.8 Å². The quantitative estimate of drug-likeness (QED) is 0.870. The lowest BCUT2D eigenvalue weighted by Crippen LogP contribution is -2.56. The fourth-order valence-corrected chi connectivity index (χ4v) is 3.28. The number of benzene rings is 1. The van der Waals surface area contributed by atoms with Gasteiger partial charge in [-0.3, -0.25) is 4.79 Å². The Kier molecular flexibility index (Phi) is 4.37. The Hall–Kier alpha value is -2.30. The molecule has 23 heavy (non-hydrogen) atoms. The first-order valence-corrected chi connectivity index (χ1v) is 7.98. The maximum Gasteiger partial charge on any atom is 0.331 e. The predicted molar refractivity (Wildman–Crippen MR) is 85.9 cm³/mol. The van der Waals surface area contributed by atoms with Crippen molar-refractivity contribution in [2.45, 2.75) is 37.6 Å². The van der Waals surface area contributed by atoms with Crippen molar-refractivity contribution >= 4 is 18.0 Å². The number of para-hydroxylation sites is 1. The minimum absolute atomic E-state index is 0.208. The van der Waals surface area contributed by atoms with Crippen LogP contribution in [-0.4, -0.2) is 31.1 Å². The summed E-state index contributed by atoms with van der Waals surface area (Å²) in [6.45, 7) is 0.208. The van der Waals surface area contributed by atoms with Crippen LogP contribution in [0.4, 0.5) is 0 Å². The van der Waals surface area contributed by atoms with Crippen LogP contribution in [0.2, 0.25) is 0 Å². The van der Waals surface area contributed by atoms with Gasteiger partial charge in [-0.1, -0.05) is 37.5 Å². The molecule has 1 heterocycles. The molecule has 1 fully saturated rings. The van der Waals surface area contributed by atoms with Gasteiger partial charge in [0.05, 0.1) is 12.7 Å². The minimum atomic E-state index is -0.901. The van der Waals surface area contributed by atoms with Crippen LogP contribution < -0.4 is 10.1 Å². The Morgan fingerprint density at radius 3 is 2.65 bits per heavy atom. The summed E-state index contributed by atoms with van der Waals surface area (Å²) in [4.78, 5) is 24.9. The lowest BCUT2D eigenvalue weighted by molar-refractivity contribution is -0.152. The standard InChI is InChI=1S/C18H21NO4/c1-22-17(21)18(9-5-2-6-10-18)19-16(20)14-11-13-7-3-4-8-15(13)23-12-14/h3-4,7-8,11H,2,5-6,9-10,12H2,1H3,(H,19,20). The van der Waals surface area contributed by atoms with Gasteiger partial charge >= 0.3 is 5.97 Å². The summed E-state index contributed by atoms with van der Waals surface area (Å²) in [6, 6.07) is 7.57. The molecule has 0 radical (unpaired) electrons. The van der Waals surface area contributed by atoms with Gasteiger partial charge in [0.25, 0.3) is 5.91 Å². The van der Waals surface area contributed by atoms with Gasteiger partial charge in [0.2, 0.25) is 0 Å². The summed E-state index contributed by atoms with van der Waals surface area (Å²) >= 11 is 0. The molecule has 1 aromatic rings. The van der Waals surface area contributed by atoms with E-state index < -0.39 is 5.54 Å². The molecular formula is C18H21NO4. The topological polar surface area (TPSA) is 64.6 Å². The van der Waals surface area contributed by atoms with E-state index >= 15 is 0 Å². The predicted octanol–water partition coefficient (Wildman–Crippen LogP) is 2.45. The number of rotatable bonds is 3. The Bertz CT molecular complexity index is 644. The second-order valence-electron chi connectivity index (χ2n) is 6.08. The molecule has 1 aliphatic carbocycles. The van der Waals surface area contributed by atoms with Crippen LogP contribution in [0.1, 0.15) is 37.7 Å². The second kappa shape index (κ2) is 6.44. The number of hydrogen-bond acceptors (Lipinski definition) is 4. The highest BCUT2D eigenvalue weighted by molar-refractivity contribution is 6.01. The zero-order valence-electron chi connectivity index (χ0n) is 13.3. The van der Waals surface area contributed by atoms with E-state index in [9.17, 15) is 9.59 Å². The van der Waals surface area contributed by atoms with Crippen molar-refractivity contribution in [3.05, 3.63) is 35.4 Å². The smallest absolute Gasteiger partial charge is 0.331 e. The third kappa shape index (κ3) is 3.09. The number of methoxy groups -OCH3 is 1. The fraction of sp³-hybridized carbons (Fsp3) is 0.444. The van der Waals surface area contributed by atoms with Gasteiger partial charge in [-0.15, -0.1) is 0 Å². The van der Waals surface area contributed by atoms with Crippen LogP contribution in [-0.2, 0) is 14.3 Å². The van der Waals surface area contributed by atoms with E-state index in [1.54, 1.807) is 0 Å². The largest absolute Gasteiger partial charge is 0.488 e. The number of esters is 1. The highest BCUT2D eigenvalue weighted by Crippen LogP contribution is 2.31.